The molecular weight excluding hydrogens is 298 g/mol. The number of carbonyl (C=O) groups excluding carboxylic acids is 1. The van der Waals surface area contributed by atoms with E-state index >= 15 is 0 Å². The monoisotopic (exact) mass is 309 g/mol. The first-order chi connectivity index (χ1) is 9.88. The molecule has 2 aromatic rings. The highest BCUT2D eigenvalue weighted by atomic mass is 35.5. The fourth-order valence-corrected chi connectivity index (χ4v) is 1.85. The molecule has 2 rings (SSSR count). The molecule has 1 heterocycles. The second-order valence-electron chi connectivity index (χ2n) is 4.34. The number of hydrogen-bond donors (Lipinski definition) is 2. The lowest BCUT2D eigenvalue weighted by Gasteiger charge is -2.11. The molecule has 0 bridgehead atoms. The Morgan fingerprint density at radius 1 is 1.57 bits per heavy atom. The molecule has 1 unspecified atom stereocenters. The minimum Gasteiger partial charge on any atom is -0.323 e. The van der Waals surface area contributed by atoms with Crippen molar-refractivity contribution in [3.05, 3.63) is 51.3 Å². The van der Waals surface area contributed by atoms with E-state index in [2.05, 4.69) is 10.4 Å². The number of nitrogens with zero attached hydrogens (tertiary/aromatic N) is 3. The maximum atomic E-state index is 12.1. The van der Waals surface area contributed by atoms with Gasteiger partial charge in [0.2, 0.25) is 5.91 Å². The summed E-state index contributed by atoms with van der Waals surface area (Å²) in [5, 5.41) is 17.3. The molecule has 1 atom stereocenters. The SMILES string of the molecule is Cn1cc(C(N)C(=O)Nc2cc([N+](=O)[O-])ccc2Cl)cn1. The van der Waals surface area contributed by atoms with Crippen LogP contribution in [0.3, 0.4) is 0 Å². The van der Waals surface area contributed by atoms with Gasteiger partial charge < -0.3 is 11.1 Å². The smallest absolute Gasteiger partial charge is 0.271 e. The van der Waals surface area contributed by atoms with Gasteiger partial charge in [0.1, 0.15) is 6.04 Å². The molecular formula is C12H12ClN5O3. The highest BCUT2D eigenvalue weighted by molar-refractivity contribution is 6.33. The Kier molecular flexibility index (Phi) is 4.20. The van der Waals surface area contributed by atoms with E-state index < -0.39 is 16.9 Å². The van der Waals surface area contributed by atoms with Crippen LogP contribution in [-0.4, -0.2) is 20.6 Å². The molecule has 8 nitrogen and oxygen atoms in total. The van der Waals surface area contributed by atoms with Gasteiger partial charge in [0.05, 0.1) is 21.8 Å². The number of carbonyl (C=O) groups is 1. The number of nitrogens with two attached hydrogens (primary N) is 1. The van der Waals surface area contributed by atoms with Crippen LogP contribution in [0.1, 0.15) is 11.6 Å². The van der Waals surface area contributed by atoms with Gasteiger partial charge in [-0.15, -0.1) is 0 Å². The second kappa shape index (κ2) is 5.90. The van der Waals surface area contributed by atoms with Crippen LogP contribution in [0, 0.1) is 10.1 Å². The van der Waals surface area contributed by atoms with Gasteiger partial charge in [0.15, 0.2) is 0 Å². The summed E-state index contributed by atoms with van der Waals surface area (Å²) in [5.74, 6) is -0.537. The van der Waals surface area contributed by atoms with Crippen molar-refractivity contribution in [1.29, 1.82) is 0 Å². The van der Waals surface area contributed by atoms with Gasteiger partial charge in [0, 0.05) is 30.9 Å². The summed E-state index contributed by atoms with van der Waals surface area (Å²) < 4.78 is 1.52. The average molecular weight is 310 g/mol. The molecule has 21 heavy (non-hydrogen) atoms. The summed E-state index contributed by atoms with van der Waals surface area (Å²) in [6, 6.07) is 2.81. The van der Waals surface area contributed by atoms with E-state index in [0.717, 1.165) is 0 Å². The zero-order chi connectivity index (χ0) is 15.6. The van der Waals surface area contributed by atoms with Crippen molar-refractivity contribution in [3.8, 4) is 0 Å². The van der Waals surface area contributed by atoms with Crippen LogP contribution in [0.5, 0.6) is 0 Å². The Morgan fingerprint density at radius 3 is 2.86 bits per heavy atom. The number of non-ortho nitro benzene ring substituents is 1. The number of amides is 1. The predicted octanol–water partition coefficient (Wildman–Crippen LogP) is 1.62. The molecule has 110 valence electrons. The van der Waals surface area contributed by atoms with Crippen molar-refractivity contribution >= 4 is 28.9 Å². The molecule has 0 aliphatic carbocycles. The summed E-state index contributed by atoms with van der Waals surface area (Å²) in [5.41, 5.74) is 6.29. The predicted molar refractivity (Wildman–Crippen MR) is 76.9 cm³/mol. The molecule has 3 N–H and O–H groups in total. The largest absolute Gasteiger partial charge is 0.323 e. The summed E-state index contributed by atoms with van der Waals surface area (Å²) in [4.78, 5) is 22.2. The Hall–Kier alpha value is -2.45. The minimum absolute atomic E-state index is 0.134. The Morgan fingerprint density at radius 2 is 2.29 bits per heavy atom. The lowest BCUT2D eigenvalue weighted by atomic mass is 10.1. The molecule has 9 heteroatoms. The van der Waals surface area contributed by atoms with Gasteiger partial charge in [-0.3, -0.25) is 19.6 Å². The first-order valence-electron chi connectivity index (χ1n) is 5.87. The third kappa shape index (κ3) is 3.36. The van der Waals surface area contributed by atoms with Crippen LogP contribution < -0.4 is 11.1 Å². The van der Waals surface area contributed by atoms with Crippen molar-refractivity contribution < 1.29 is 9.72 Å². The van der Waals surface area contributed by atoms with Gasteiger partial charge in [0.25, 0.3) is 5.69 Å². The highest BCUT2D eigenvalue weighted by Crippen LogP contribution is 2.27. The molecule has 0 spiro atoms. The van der Waals surface area contributed by atoms with Crippen LogP contribution in [0.4, 0.5) is 11.4 Å². The lowest BCUT2D eigenvalue weighted by Crippen LogP contribution is -2.27. The molecule has 0 saturated carbocycles. The Labute approximate surface area is 124 Å². The average Bonchev–Trinajstić information content (AvgIpc) is 2.86. The number of hydrogen-bond acceptors (Lipinski definition) is 5. The van der Waals surface area contributed by atoms with Crippen molar-refractivity contribution in [3.63, 3.8) is 0 Å². The van der Waals surface area contributed by atoms with Crippen molar-refractivity contribution in [2.24, 2.45) is 12.8 Å². The van der Waals surface area contributed by atoms with Gasteiger partial charge in [-0.1, -0.05) is 11.6 Å². The number of halogens is 1. The minimum atomic E-state index is -0.950. The normalized spacial score (nSPS) is 12.0. The second-order valence-corrected chi connectivity index (χ2v) is 4.74. The molecule has 1 amide bonds. The van der Waals surface area contributed by atoms with Crippen LogP contribution in [-0.2, 0) is 11.8 Å². The quantitative estimate of drug-likeness (QED) is 0.657. The summed E-state index contributed by atoms with van der Waals surface area (Å²) in [7, 11) is 1.70. The summed E-state index contributed by atoms with van der Waals surface area (Å²) in [6.45, 7) is 0. The van der Waals surface area contributed by atoms with E-state index in [0.29, 0.717) is 5.56 Å². The first-order valence-corrected chi connectivity index (χ1v) is 6.25. The lowest BCUT2D eigenvalue weighted by molar-refractivity contribution is -0.384. The molecule has 0 radical (unpaired) electrons. The number of anilines is 1. The van der Waals surface area contributed by atoms with E-state index in [-0.39, 0.29) is 16.4 Å². The molecule has 0 fully saturated rings. The highest BCUT2D eigenvalue weighted by Gasteiger charge is 2.19. The molecule has 0 saturated heterocycles. The number of nitro groups is 1. The van der Waals surface area contributed by atoms with Crippen molar-refractivity contribution in [1.82, 2.24) is 9.78 Å². The topological polar surface area (TPSA) is 116 Å². The number of benzene rings is 1. The number of rotatable bonds is 4. The van der Waals surface area contributed by atoms with Crippen LogP contribution in [0.2, 0.25) is 5.02 Å². The van der Waals surface area contributed by atoms with Gasteiger partial charge >= 0.3 is 0 Å². The van der Waals surface area contributed by atoms with Gasteiger partial charge in [-0.2, -0.15) is 5.10 Å². The van der Waals surface area contributed by atoms with Crippen LogP contribution in [0.15, 0.2) is 30.6 Å². The van der Waals surface area contributed by atoms with E-state index in [1.165, 1.54) is 29.1 Å². The molecule has 0 aliphatic heterocycles. The van der Waals surface area contributed by atoms with Crippen molar-refractivity contribution in [2.45, 2.75) is 6.04 Å². The van der Waals surface area contributed by atoms with Crippen LogP contribution in [0.25, 0.3) is 0 Å². The Balaban J connectivity index is 2.19. The van der Waals surface area contributed by atoms with E-state index in [4.69, 9.17) is 17.3 Å². The molecule has 1 aromatic carbocycles. The summed E-state index contributed by atoms with van der Waals surface area (Å²) in [6.07, 6.45) is 3.08. The fourth-order valence-electron chi connectivity index (χ4n) is 1.69. The third-order valence-electron chi connectivity index (χ3n) is 2.79. The number of nitrogens with one attached hydrogen (secondary N) is 1. The third-order valence-corrected chi connectivity index (χ3v) is 3.11. The number of aromatic nitrogens is 2. The number of nitro benzene ring substituents is 1. The van der Waals surface area contributed by atoms with E-state index in [9.17, 15) is 14.9 Å². The van der Waals surface area contributed by atoms with Gasteiger partial charge in [-0.05, 0) is 6.07 Å². The maximum absolute atomic E-state index is 12.1. The van der Waals surface area contributed by atoms with E-state index in [1.807, 2.05) is 0 Å². The summed E-state index contributed by atoms with van der Waals surface area (Å²) >= 11 is 5.91. The maximum Gasteiger partial charge on any atom is 0.271 e. The standard InChI is InChI=1S/C12H12ClN5O3/c1-17-6-7(5-15-17)11(14)12(19)16-10-4-8(18(20)21)2-3-9(10)13/h2-6,11H,14H2,1H3,(H,16,19). The first kappa shape index (κ1) is 14.9. The van der Waals surface area contributed by atoms with E-state index in [1.54, 1.807) is 13.2 Å². The Bertz CT molecular complexity index is 700. The van der Waals surface area contributed by atoms with Crippen LogP contribution >= 0.6 is 11.6 Å². The zero-order valence-electron chi connectivity index (χ0n) is 11.0. The van der Waals surface area contributed by atoms with Gasteiger partial charge in [-0.25, -0.2) is 0 Å². The molecule has 0 aliphatic rings. The molecule has 1 aromatic heterocycles. The zero-order valence-corrected chi connectivity index (χ0v) is 11.7. The number of aryl methyl sites for hydroxylation is 1. The fraction of sp³-hybridized carbons (Fsp3) is 0.167. The van der Waals surface area contributed by atoms with Crippen molar-refractivity contribution in [2.75, 3.05) is 5.32 Å².